The Morgan fingerprint density at radius 2 is 2.50 bits per heavy atom. The second-order valence-corrected chi connectivity index (χ2v) is 2.38. The van der Waals surface area contributed by atoms with Crippen molar-refractivity contribution in [3.8, 4) is 0 Å². The van der Waals surface area contributed by atoms with Crippen molar-refractivity contribution in [1.29, 1.82) is 0 Å². The highest BCUT2D eigenvalue weighted by molar-refractivity contribution is 7.11. The van der Waals surface area contributed by atoms with Gasteiger partial charge in [-0.2, -0.15) is 4.98 Å². The molecule has 1 aromatic heterocycles. The van der Waals surface area contributed by atoms with Crippen molar-refractivity contribution in [1.82, 2.24) is 0 Å². The van der Waals surface area contributed by atoms with E-state index in [0.29, 0.717) is 5.01 Å². The molecular weight excluding hydrogens is 214 g/mol. The number of H-pyrrole nitrogens is 1. The molecular formula is C6H6BrNOS. The zero-order valence-electron chi connectivity index (χ0n) is 5.13. The molecule has 0 saturated carbocycles. The van der Waals surface area contributed by atoms with Crippen LogP contribution in [0.25, 0.3) is 0 Å². The van der Waals surface area contributed by atoms with Crippen LogP contribution in [-0.2, 0) is 0 Å². The number of hydrogen-bond donors (Lipinski definition) is 0. The number of thiazole rings is 1. The number of hydrogen-bond acceptors (Lipinski definition) is 2. The van der Waals surface area contributed by atoms with Gasteiger partial charge < -0.3 is 17.0 Å². The lowest BCUT2D eigenvalue weighted by Crippen LogP contribution is -3.00. The Morgan fingerprint density at radius 3 is 2.90 bits per heavy atom. The maximum atomic E-state index is 10.7. The van der Waals surface area contributed by atoms with Gasteiger partial charge in [0.1, 0.15) is 0 Å². The zero-order chi connectivity index (χ0) is 6.69. The molecule has 10 heavy (non-hydrogen) atoms. The van der Waals surface area contributed by atoms with E-state index in [1.54, 1.807) is 6.20 Å². The van der Waals surface area contributed by atoms with Gasteiger partial charge in [-0.25, -0.2) is 0 Å². The highest BCUT2D eigenvalue weighted by Crippen LogP contribution is 1.99. The fraction of sp³-hybridized carbons (Fsp3) is 0. The first-order chi connectivity index (χ1) is 4.34. The first-order valence-corrected chi connectivity index (χ1v) is 3.34. The molecule has 4 heteroatoms. The largest absolute Gasteiger partial charge is 1.00 e. The number of carbonyl (C=O) groups excluding carboxylic acids is 1. The van der Waals surface area contributed by atoms with E-state index in [-0.39, 0.29) is 22.8 Å². The molecule has 1 aromatic rings. The molecule has 0 aliphatic carbocycles. The van der Waals surface area contributed by atoms with Gasteiger partial charge in [0.25, 0.3) is 5.78 Å². The van der Waals surface area contributed by atoms with Crippen molar-refractivity contribution in [3.63, 3.8) is 0 Å². The second-order valence-electron chi connectivity index (χ2n) is 1.46. The van der Waals surface area contributed by atoms with E-state index < -0.39 is 0 Å². The summed E-state index contributed by atoms with van der Waals surface area (Å²) in [4.78, 5) is 13.5. The molecule has 1 rings (SSSR count). The number of aromatic nitrogens is 1. The Balaban J connectivity index is 0.000000810. The van der Waals surface area contributed by atoms with Crippen LogP contribution in [0, 0.1) is 0 Å². The first kappa shape index (κ1) is 9.52. The van der Waals surface area contributed by atoms with Crippen LogP contribution in [0.1, 0.15) is 9.80 Å². The number of ketones is 1. The fourth-order valence-electron chi connectivity index (χ4n) is 0.468. The minimum atomic E-state index is -0.0509. The Morgan fingerprint density at radius 1 is 1.80 bits per heavy atom. The minimum Gasteiger partial charge on any atom is -1.00 e. The van der Waals surface area contributed by atoms with Crippen LogP contribution in [0.5, 0.6) is 0 Å². The second kappa shape index (κ2) is 4.35. The van der Waals surface area contributed by atoms with Crippen LogP contribution in [-0.4, -0.2) is 5.78 Å². The van der Waals surface area contributed by atoms with E-state index in [9.17, 15) is 4.79 Å². The Labute approximate surface area is 73.4 Å². The Kier molecular flexibility index (Phi) is 4.14. The summed E-state index contributed by atoms with van der Waals surface area (Å²) in [5.74, 6) is -0.0509. The quantitative estimate of drug-likeness (QED) is 0.416. The van der Waals surface area contributed by atoms with E-state index in [0.717, 1.165) is 0 Å². The number of rotatable bonds is 2. The van der Waals surface area contributed by atoms with Crippen LogP contribution >= 0.6 is 11.3 Å². The van der Waals surface area contributed by atoms with Crippen LogP contribution in [0.4, 0.5) is 0 Å². The summed E-state index contributed by atoms with van der Waals surface area (Å²) < 4.78 is 0. The van der Waals surface area contributed by atoms with E-state index in [2.05, 4.69) is 11.6 Å². The van der Waals surface area contributed by atoms with Gasteiger partial charge in [-0.1, -0.05) is 17.9 Å². The molecule has 0 aliphatic heterocycles. The van der Waals surface area contributed by atoms with Gasteiger partial charge in [-0.15, -0.1) is 0 Å². The average Bonchev–Trinajstić information content (AvgIpc) is 2.37. The lowest BCUT2D eigenvalue weighted by Gasteiger charge is -1.73. The maximum Gasteiger partial charge on any atom is 0.308 e. The van der Waals surface area contributed by atoms with Gasteiger partial charge in [0.15, 0.2) is 6.20 Å². The summed E-state index contributed by atoms with van der Waals surface area (Å²) >= 11 is 1.38. The van der Waals surface area contributed by atoms with Crippen molar-refractivity contribution < 1.29 is 26.8 Å². The molecule has 0 spiro atoms. The van der Waals surface area contributed by atoms with E-state index in [1.165, 1.54) is 17.4 Å². The molecule has 0 bridgehead atoms. The van der Waals surface area contributed by atoms with Crippen LogP contribution in [0.2, 0.25) is 0 Å². The summed E-state index contributed by atoms with van der Waals surface area (Å²) in [5, 5.41) is 2.45. The molecule has 0 fully saturated rings. The first-order valence-electron chi connectivity index (χ1n) is 2.46. The number of nitrogens with one attached hydrogen (secondary N) is 1. The van der Waals surface area contributed by atoms with E-state index in [1.807, 2.05) is 5.38 Å². The molecule has 54 valence electrons. The van der Waals surface area contributed by atoms with Gasteiger partial charge in [0.05, 0.1) is 5.38 Å². The molecule has 0 amide bonds. The lowest BCUT2D eigenvalue weighted by atomic mass is 10.4. The topological polar surface area (TPSA) is 31.2 Å². The maximum absolute atomic E-state index is 10.7. The predicted molar refractivity (Wildman–Crippen MR) is 35.4 cm³/mol. The van der Waals surface area contributed by atoms with Gasteiger partial charge in [0, 0.05) is 0 Å². The third kappa shape index (κ3) is 2.04. The van der Waals surface area contributed by atoms with Gasteiger partial charge in [0.2, 0.25) is 0 Å². The molecule has 0 aromatic carbocycles. The average molecular weight is 220 g/mol. The summed E-state index contributed by atoms with van der Waals surface area (Å²) in [7, 11) is 0. The summed E-state index contributed by atoms with van der Waals surface area (Å²) in [6, 6.07) is 0. The van der Waals surface area contributed by atoms with Crippen molar-refractivity contribution in [2.24, 2.45) is 0 Å². The van der Waals surface area contributed by atoms with Gasteiger partial charge in [-0.05, 0) is 6.08 Å². The Bertz CT molecular complexity index is 220. The molecule has 0 atom stereocenters. The molecule has 1 N–H and O–H groups in total. The minimum absolute atomic E-state index is 0. The summed E-state index contributed by atoms with van der Waals surface area (Å²) in [6.45, 7) is 3.35. The van der Waals surface area contributed by atoms with Crippen LogP contribution in [0.3, 0.4) is 0 Å². The Hall–Kier alpha value is -0.480. The van der Waals surface area contributed by atoms with Crippen molar-refractivity contribution >= 4 is 17.1 Å². The third-order valence-corrected chi connectivity index (χ3v) is 1.70. The lowest BCUT2D eigenvalue weighted by molar-refractivity contribution is -0.374. The fourth-order valence-corrected chi connectivity index (χ4v) is 1.08. The molecule has 0 unspecified atom stereocenters. The summed E-state index contributed by atoms with van der Waals surface area (Å²) in [5.41, 5.74) is 0. The SMILES string of the molecule is C=CC(=O)c1[nH+]ccs1.[Br-]. The number of aromatic amines is 1. The number of halogens is 1. The number of allylic oxidation sites excluding steroid dienone is 1. The molecule has 0 radical (unpaired) electrons. The molecule has 0 saturated heterocycles. The smallest absolute Gasteiger partial charge is 0.308 e. The third-order valence-electron chi connectivity index (χ3n) is 0.878. The number of carbonyl (C=O) groups is 1. The van der Waals surface area contributed by atoms with Gasteiger partial charge in [-0.3, -0.25) is 4.79 Å². The van der Waals surface area contributed by atoms with Crippen molar-refractivity contribution in [2.45, 2.75) is 0 Å². The predicted octanol–water partition coefficient (Wildman–Crippen LogP) is -2.07. The van der Waals surface area contributed by atoms with Crippen molar-refractivity contribution in [3.05, 3.63) is 29.2 Å². The van der Waals surface area contributed by atoms with Gasteiger partial charge >= 0.3 is 5.01 Å². The monoisotopic (exact) mass is 219 g/mol. The zero-order valence-corrected chi connectivity index (χ0v) is 7.54. The van der Waals surface area contributed by atoms with E-state index >= 15 is 0 Å². The van der Waals surface area contributed by atoms with Crippen molar-refractivity contribution in [2.75, 3.05) is 0 Å². The molecule has 2 nitrogen and oxygen atoms in total. The van der Waals surface area contributed by atoms with Crippen LogP contribution in [0.15, 0.2) is 24.2 Å². The molecule has 0 aliphatic rings. The standard InChI is InChI=1S/C6H5NOS.BrH/c1-2-5(8)6-7-3-4-9-6;/h2-4H,1H2;1H. The highest BCUT2D eigenvalue weighted by Gasteiger charge is 2.08. The van der Waals surface area contributed by atoms with E-state index in [4.69, 9.17) is 0 Å². The highest BCUT2D eigenvalue weighted by atomic mass is 79.9. The summed E-state index contributed by atoms with van der Waals surface area (Å²) in [6.07, 6.45) is 3.02. The molecule has 1 heterocycles. The normalized spacial score (nSPS) is 8.00. The van der Waals surface area contributed by atoms with Crippen LogP contribution < -0.4 is 22.0 Å².